The highest BCUT2D eigenvalue weighted by Crippen LogP contribution is 1.88. The molecule has 15 heavy (non-hydrogen) atoms. The molecule has 6 nitrogen and oxygen atoms in total. The molecule has 7 heteroatoms. The second-order valence-electron chi connectivity index (χ2n) is 2.72. The molecule has 0 atom stereocenters. The number of ether oxygens (including phenoxy) is 1. The molecular formula is C8H14NO5S-. The standard InChI is InChI=1S/C8H15NO5S/c1-2-8(10)9-4-6-14-5-3-7-15(11,12)13/h2H,1,3-7H2,(H,9,10)(H,11,12,13)/p-1. The van der Waals surface area contributed by atoms with E-state index in [-0.39, 0.29) is 25.5 Å². The minimum Gasteiger partial charge on any atom is -0.748 e. The van der Waals surface area contributed by atoms with E-state index in [0.29, 0.717) is 6.54 Å². The van der Waals surface area contributed by atoms with Crippen LogP contribution in [0.5, 0.6) is 0 Å². The Bertz CT molecular complexity index is 298. The number of amides is 1. The quantitative estimate of drug-likeness (QED) is 0.339. The van der Waals surface area contributed by atoms with Crippen LogP contribution in [-0.2, 0) is 19.6 Å². The van der Waals surface area contributed by atoms with Crippen LogP contribution in [0.4, 0.5) is 0 Å². The Kier molecular flexibility index (Phi) is 6.93. The smallest absolute Gasteiger partial charge is 0.243 e. The topological polar surface area (TPSA) is 95.5 Å². The van der Waals surface area contributed by atoms with Crippen molar-refractivity contribution < 1.29 is 22.5 Å². The molecule has 0 aliphatic heterocycles. The molecule has 0 heterocycles. The van der Waals surface area contributed by atoms with Crippen LogP contribution < -0.4 is 5.32 Å². The van der Waals surface area contributed by atoms with Gasteiger partial charge in [0.25, 0.3) is 0 Å². The highest BCUT2D eigenvalue weighted by molar-refractivity contribution is 7.85. The first-order valence-electron chi connectivity index (χ1n) is 4.37. The van der Waals surface area contributed by atoms with Crippen molar-refractivity contribution in [3.8, 4) is 0 Å². The van der Waals surface area contributed by atoms with Gasteiger partial charge in [-0.3, -0.25) is 4.79 Å². The van der Waals surface area contributed by atoms with Gasteiger partial charge in [0.15, 0.2) is 0 Å². The van der Waals surface area contributed by atoms with Crippen molar-refractivity contribution in [2.24, 2.45) is 0 Å². The second-order valence-corrected chi connectivity index (χ2v) is 4.25. The average molecular weight is 236 g/mol. The third-order valence-electron chi connectivity index (χ3n) is 1.41. The van der Waals surface area contributed by atoms with Gasteiger partial charge >= 0.3 is 0 Å². The van der Waals surface area contributed by atoms with Crippen LogP contribution >= 0.6 is 0 Å². The van der Waals surface area contributed by atoms with Gasteiger partial charge in [0.1, 0.15) is 0 Å². The van der Waals surface area contributed by atoms with Gasteiger partial charge in [-0.25, -0.2) is 8.42 Å². The zero-order valence-corrected chi connectivity index (χ0v) is 9.09. The number of nitrogens with one attached hydrogen (secondary N) is 1. The Morgan fingerprint density at radius 2 is 2.13 bits per heavy atom. The van der Waals surface area contributed by atoms with Crippen LogP contribution in [0.15, 0.2) is 12.7 Å². The van der Waals surface area contributed by atoms with E-state index >= 15 is 0 Å². The highest BCUT2D eigenvalue weighted by atomic mass is 32.2. The van der Waals surface area contributed by atoms with Crippen molar-refractivity contribution in [1.29, 1.82) is 0 Å². The molecular weight excluding hydrogens is 222 g/mol. The maximum Gasteiger partial charge on any atom is 0.243 e. The fourth-order valence-electron chi connectivity index (χ4n) is 0.758. The van der Waals surface area contributed by atoms with Crippen molar-refractivity contribution in [3.63, 3.8) is 0 Å². The number of carbonyl (C=O) groups is 1. The van der Waals surface area contributed by atoms with E-state index < -0.39 is 15.9 Å². The Morgan fingerprint density at radius 3 is 2.67 bits per heavy atom. The first-order valence-corrected chi connectivity index (χ1v) is 5.95. The van der Waals surface area contributed by atoms with Gasteiger partial charge in [-0.1, -0.05) is 6.58 Å². The molecule has 0 radical (unpaired) electrons. The lowest BCUT2D eigenvalue weighted by molar-refractivity contribution is -0.116. The van der Waals surface area contributed by atoms with E-state index in [2.05, 4.69) is 11.9 Å². The lowest BCUT2D eigenvalue weighted by atomic mass is 10.5. The predicted molar refractivity (Wildman–Crippen MR) is 53.2 cm³/mol. The van der Waals surface area contributed by atoms with Crippen LogP contribution in [0.25, 0.3) is 0 Å². The zero-order chi connectivity index (χ0) is 11.7. The Labute approximate surface area is 89.1 Å². The number of hydrogen-bond acceptors (Lipinski definition) is 5. The van der Waals surface area contributed by atoms with Crippen molar-refractivity contribution in [2.45, 2.75) is 6.42 Å². The van der Waals surface area contributed by atoms with Crippen molar-refractivity contribution in [3.05, 3.63) is 12.7 Å². The average Bonchev–Trinajstić information content (AvgIpc) is 2.14. The van der Waals surface area contributed by atoms with E-state index in [4.69, 9.17) is 4.74 Å². The maximum atomic E-state index is 10.6. The Balaban J connectivity index is 3.26. The maximum absolute atomic E-state index is 10.6. The summed E-state index contributed by atoms with van der Waals surface area (Å²) in [7, 11) is -4.15. The molecule has 0 spiro atoms. The van der Waals surface area contributed by atoms with E-state index in [1.165, 1.54) is 0 Å². The third-order valence-corrected chi connectivity index (χ3v) is 2.20. The van der Waals surface area contributed by atoms with E-state index in [1.807, 2.05) is 0 Å². The first kappa shape index (κ1) is 14.1. The molecule has 88 valence electrons. The van der Waals surface area contributed by atoms with E-state index in [9.17, 15) is 17.8 Å². The molecule has 0 bridgehead atoms. The monoisotopic (exact) mass is 236 g/mol. The molecule has 0 aliphatic rings. The summed E-state index contributed by atoms with van der Waals surface area (Å²) < 4.78 is 35.5. The molecule has 0 saturated carbocycles. The number of hydrogen-bond donors (Lipinski definition) is 1. The fraction of sp³-hybridized carbons (Fsp3) is 0.625. The molecule has 0 unspecified atom stereocenters. The number of carbonyl (C=O) groups excluding carboxylic acids is 1. The van der Waals surface area contributed by atoms with Crippen LogP contribution in [0.2, 0.25) is 0 Å². The highest BCUT2D eigenvalue weighted by Gasteiger charge is 1.96. The Morgan fingerprint density at radius 1 is 1.47 bits per heavy atom. The minimum atomic E-state index is -4.15. The summed E-state index contributed by atoms with van der Waals surface area (Å²) in [5.41, 5.74) is 0. The van der Waals surface area contributed by atoms with Gasteiger partial charge in [0.2, 0.25) is 5.91 Å². The van der Waals surface area contributed by atoms with E-state index in [1.54, 1.807) is 0 Å². The van der Waals surface area contributed by atoms with Crippen LogP contribution in [-0.4, -0.2) is 44.4 Å². The zero-order valence-electron chi connectivity index (χ0n) is 8.27. The van der Waals surface area contributed by atoms with Crippen LogP contribution in [0.1, 0.15) is 6.42 Å². The fourth-order valence-corrected chi connectivity index (χ4v) is 1.23. The Hall–Kier alpha value is -0.920. The summed E-state index contributed by atoms with van der Waals surface area (Å²) in [6.45, 7) is 4.05. The van der Waals surface area contributed by atoms with Gasteiger partial charge in [-0.2, -0.15) is 0 Å². The molecule has 0 fully saturated rings. The van der Waals surface area contributed by atoms with Gasteiger partial charge in [-0.05, 0) is 12.5 Å². The van der Waals surface area contributed by atoms with Crippen LogP contribution in [0.3, 0.4) is 0 Å². The summed E-state index contributed by atoms with van der Waals surface area (Å²) in [5, 5.41) is 2.48. The first-order chi connectivity index (χ1) is 6.95. The molecule has 0 aromatic rings. The normalized spacial score (nSPS) is 11.0. The van der Waals surface area contributed by atoms with Crippen molar-refractivity contribution in [1.82, 2.24) is 5.32 Å². The molecule has 1 amide bonds. The molecule has 0 saturated heterocycles. The summed E-state index contributed by atoms with van der Waals surface area (Å²) in [4.78, 5) is 10.6. The SMILES string of the molecule is C=CC(=O)NCCOCCCS(=O)(=O)[O-]. The second kappa shape index (κ2) is 7.38. The minimum absolute atomic E-state index is 0.168. The molecule has 1 N–H and O–H groups in total. The lowest BCUT2D eigenvalue weighted by Gasteiger charge is -2.07. The summed E-state index contributed by atoms with van der Waals surface area (Å²) >= 11 is 0. The van der Waals surface area contributed by atoms with Gasteiger partial charge in [0.05, 0.1) is 16.7 Å². The van der Waals surface area contributed by atoms with Gasteiger partial charge < -0.3 is 14.6 Å². The lowest BCUT2D eigenvalue weighted by Crippen LogP contribution is -2.25. The third kappa shape index (κ3) is 11.0. The molecule has 0 aromatic heterocycles. The molecule has 0 aromatic carbocycles. The summed E-state index contributed by atoms with van der Waals surface area (Å²) in [5.74, 6) is -0.716. The van der Waals surface area contributed by atoms with Crippen molar-refractivity contribution >= 4 is 16.0 Å². The van der Waals surface area contributed by atoms with E-state index in [0.717, 1.165) is 6.08 Å². The summed E-state index contributed by atoms with van der Waals surface area (Å²) in [6, 6.07) is 0. The van der Waals surface area contributed by atoms with Crippen LogP contribution in [0, 0.1) is 0 Å². The summed E-state index contributed by atoms with van der Waals surface area (Å²) in [6.07, 6.45) is 1.31. The van der Waals surface area contributed by atoms with Crippen molar-refractivity contribution in [2.75, 3.05) is 25.5 Å². The van der Waals surface area contributed by atoms with Gasteiger partial charge in [-0.15, -0.1) is 0 Å². The number of rotatable bonds is 8. The molecule has 0 aliphatic carbocycles. The predicted octanol–water partition coefficient (Wildman–Crippen LogP) is -0.759. The largest absolute Gasteiger partial charge is 0.748 e. The van der Waals surface area contributed by atoms with Gasteiger partial charge in [0, 0.05) is 18.9 Å². The molecule has 0 rings (SSSR count).